The van der Waals surface area contributed by atoms with E-state index in [-0.39, 0.29) is 29.0 Å². The Bertz CT molecular complexity index is 906. The number of likely N-dealkylation sites (N-methyl/N-ethyl adjacent to an activating group) is 1. The number of amides is 1. The molecule has 0 atom stereocenters. The number of aryl methyl sites for hydroxylation is 1. The Hall–Kier alpha value is -2.68. The third-order valence-corrected chi connectivity index (χ3v) is 5.37. The fourth-order valence-corrected chi connectivity index (χ4v) is 3.32. The molecule has 1 amide bonds. The standard InChI is InChI=1S/C21H25F2N3O4/c1-13-18(20(27)26-9-7-25(2)8-10-26)24-19(29-13)15-5-6-16(30-21(22)23)17(11-15)28-12-14-3-4-14/h5-6,11,14,21H,3-4,7-10,12H2,1-2H3. The molecule has 0 spiro atoms. The molecule has 1 saturated heterocycles. The summed E-state index contributed by atoms with van der Waals surface area (Å²) in [6.07, 6.45) is 2.14. The number of rotatable bonds is 7. The number of benzene rings is 1. The van der Waals surface area contributed by atoms with Crippen molar-refractivity contribution in [1.82, 2.24) is 14.8 Å². The quantitative estimate of drug-likeness (QED) is 0.682. The van der Waals surface area contributed by atoms with E-state index in [0.717, 1.165) is 25.9 Å². The molecule has 0 N–H and O–H groups in total. The summed E-state index contributed by atoms with van der Waals surface area (Å²) in [4.78, 5) is 21.2. The Morgan fingerprint density at radius 2 is 1.97 bits per heavy atom. The van der Waals surface area contributed by atoms with Crippen LogP contribution in [0.25, 0.3) is 11.5 Å². The van der Waals surface area contributed by atoms with Crippen molar-refractivity contribution in [3.63, 3.8) is 0 Å². The minimum Gasteiger partial charge on any atom is -0.489 e. The lowest BCUT2D eigenvalue weighted by molar-refractivity contribution is -0.0515. The summed E-state index contributed by atoms with van der Waals surface area (Å²) in [7, 11) is 2.02. The lowest BCUT2D eigenvalue weighted by Crippen LogP contribution is -2.47. The van der Waals surface area contributed by atoms with Crippen LogP contribution in [-0.4, -0.2) is 67.1 Å². The molecule has 1 aromatic carbocycles. The highest BCUT2D eigenvalue weighted by Gasteiger charge is 2.27. The maximum Gasteiger partial charge on any atom is 0.387 e. The number of nitrogens with zero attached hydrogens (tertiary/aromatic N) is 3. The SMILES string of the molecule is Cc1oc(-c2ccc(OC(F)F)c(OCC3CC3)c2)nc1C(=O)N1CCN(C)CC1. The lowest BCUT2D eigenvalue weighted by atomic mass is 10.2. The monoisotopic (exact) mass is 421 g/mol. The summed E-state index contributed by atoms with van der Waals surface area (Å²) >= 11 is 0. The normalized spacial score (nSPS) is 17.4. The van der Waals surface area contributed by atoms with Crippen molar-refractivity contribution < 1.29 is 27.5 Å². The number of aromatic nitrogens is 1. The molecule has 1 aliphatic heterocycles. The Labute approximate surface area is 173 Å². The van der Waals surface area contributed by atoms with Gasteiger partial charge in [-0.15, -0.1) is 0 Å². The minimum atomic E-state index is -2.95. The second-order valence-corrected chi connectivity index (χ2v) is 7.81. The number of carbonyl (C=O) groups is 1. The zero-order valence-electron chi connectivity index (χ0n) is 17.1. The molecule has 4 rings (SSSR count). The van der Waals surface area contributed by atoms with Gasteiger partial charge in [-0.2, -0.15) is 8.78 Å². The highest BCUT2D eigenvalue weighted by Crippen LogP contribution is 2.36. The molecule has 0 unspecified atom stereocenters. The molecule has 2 fully saturated rings. The average molecular weight is 421 g/mol. The molecule has 2 aromatic rings. The van der Waals surface area contributed by atoms with Gasteiger partial charge in [-0.05, 0) is 50.9 Å². The van der Waals surface area contributed by atoms with Crippen LogP contribution in [0.4, 0.5) is 8.78 Å². The lowest BCUT2D eigenvalue weighted by Gasteiger charge is -2.31. The molecule has 7 nitrogen and oxygen atoms in total. The van der Waals surface area contributed by atoms with Crippen LogP contribution in [0, 0.1) is 12.8 Å². The molecule has 162 valence electrons. The fraction of sp³-hybridized carbons (Fsp3) is 0.524. The van der Waals surface area contributed by atoms with E-state index in [4.69, 9.17) is 9.15 Å². The Morgan fingerprint density at radius 3 is 2.63 bits per heavy atom. The topological polar surface area (TPSA) is 68.0 Å². The van der Waals surface area contributed by atoms with Gasteiger partial charge in [0.1, 0.15) is 5.76 Å². The van der Waals surface area contributed by atoms with Gasteiger partial charge in [0.05, 0.1) is 6.61 Å². The maximum absolute atomic E-state index is 12.9. The van der Waals surface area contributed by atoms with E-state index in [2.05, 4.69) is 14.6 Å². The highest BCUT2D eigenvalue weighted by atomic mass is 19.3. The predicted molar refractivity (Wildman–Crippen MR) is 105 cm³/mol. The van der Waals surface area contributed by atoms with E-state index >= 15 is 0 Å². The summed E-state index contributed by atoms with van der Waals surface area (Å²) in [6.45, 7) is 2.08. The van der Waals surface area contributed by atoms with Crippen LogP contribution < -0.4 is 9.47 Å². The summed E-state index contributed by atoms with van der Waals surface area (Å²) in [5.74, 6) is 1.12. The van der Waals surface area contributed by atoms with Crippen molar-refractivity contribution in [3.8, 4) is 23.0 Å². The van der Waals surface area contributed by atoms with Crippen molar-refractivity contribution in [2.45, 2.75) is 26.4 Å². The number of halogens is 2. The van der Waals surface area contributed by atoms with Crippen LogP contribution in [0.3, 0.4) is 0 Å². The van der Waals surface area contributed by atoms with Gasteiger partial charge in [0.15, 0.2) is 17.2 Å². The second kappa shape index (κ2) is 8.59. The molecular formula is C21H25F2N3O4. The average Bonchev–Trinajstić information content (AvgIpc) is 3.47. The van der Waals surface area contributed by atoms with Gasteiger partial charge < -0.3 is 23.7 Å². The van der Waals surface area contributed by atoms with Gasteiger partial charge in [0.2, 0.25) is 5.89 Å². The number of ether oxygens (including phenoxy) is 2. The van der Waals surface area contributed by atoms with Crippen molar-refractivity contribution in [2.24, 2.45) is 5.92 Å². The van der Waals surface area contributed by atoms with Crippen LogP contribution in [-0.2, 0) is 0 Å². The first kappa shape index (κ1) is 20.6. The Balaban J connectivity index is 1.56. The molecule has 1 saturated carbocycles. The molecular weight excluding hydrogens is 396 g/mol. The van der Waals surface area contributed by atoms with E-state index in [1.54, 1.807) is 24.0 Å². The molecule has 9 heteroatoms. The van der Waals surface area contributed by atoms with Gasteiger partial charge in [0.25, 0.3) is 5.91 Å². The van der Waals surface area contributed by atoms with Gasteiger partial charge >= 0.3 is 6.61 Å². The Kier molecular flexibility index (Phi) is 5.90. The molecule has 2 heterocycles. The number of hydrogen-bond donors (Lipinski definition) is 0. The van der Waals surface area contributed by atoms with E-state index in [0.29, 0.717) is 36.9 Å². The number of alkyl halides is 2. The van der Waals surface area contributed by atoms with Crippen molar-refractivity contribution in [1.29, 1.82) is 0 Å². The third-order valence-electron chi connectivity index (χ3n) is 5.37. The van der Waals surface area contributed by atoms with Crippen molar-refractivity contribution in [3.05, 3.63) is 29.7 Å². The fourth-order valence-electron chi connectivity index (χ4n) is 3.32. The van der Waals surface area contributed by atoms with Gasteiger partial charge in [0, 0.05) is 31.7 Å². The highest BCUT2D eigenvalue weighted by molar-refractivity contribution is 5.93. The smallest absolute Gasteiger partial charge is 0.387 e. The van der Waals surface area contributed by atoms with Crippen molar-refractivity contribution in [2.75, 3.05) is 39.8 Å². The molecule has 0 bridgehead atoms. The molecule has 0 radical (unpaired) electrons. The first-order valence-corrected chi connectivity index (χ1v) is 10.1. The number of piperazine rings is 1. The summed E-state index contributed by atoms with van der Waals surface area (Å²) in [5.41, 5.74) is 0.797. The predicted octanol–water partition coefficient (Wildman–Crippen LogP) is 3.43. The molecule has 2 aliphatic rings. The largest absolute Gasteiger partial charge is 0.489 e. The van der Waals surface area contributed by atoms with Crippen LogP contribution in [0.2, 0.25) is 0 Å². The van der Waals surface area contributed by atoms with E-state index < -0.39 is 6.61 Å². The van der Waals surface area contributed by atoms with Crippen molar-refractivity contribution >= 4 is 5.91 Å². The van der Waals surface area contributed by atoms with E-state index in [1.165, 1.54) is 6.07 Å². The molecule has 1 aromatic heterocycles. The first-order chi connectivity index (χ1) is 14.4. The zero-order valence-corrected chi connectivity index (χ0v) is 17.1. The zero-order chi connectivity index (χ0) is 21.3. The number of carbonyl (C=O) groups excluding carboxylic acids is 1. The minimum absolute atomic E-state index is 0.0357. The van der Waals surface area contributed by atoms with Gasteiger partial charge in [-0.1, -0.05) is 0 Å². The van der Waals surface area contributed by atoms with E-state index in [1.807, 2.05) is 7.05 Å². The summed E-state index contributed by atoms with van der Waals surface area (Å²) in [5, 5.41) is 0. The Morgan fingerprint density at radius 1 is 1.23 bits per heavy atom. The van der Waals surface area contributed by atoms with Crippen LogP contribution in [0.1, 0.15) is 29.1 Å². The molecule has 1 aliphatic carbocycles. The second-order valence-electron chi connectivity index (χ2n) is 7.81. The maximum atomic E-state index is 12.9. The molecule has 30 heavy (non-hydrogen) atoms. The van der Waals surface area contributed by atoms with Gasteiger partial charge in [-0.3, -0.25) is 4.79 Å². The van der Waals surface area contributed by atoms with Crippen LogP contribution in [0.15, 0.2) is 22.6 Å². The third kappa shape index (κ3) is 4.72. The van der Waals surface area contributed by atoms with Crippen LogP contribution >= 0.6 is 0 Å². The van der Waals surface area contributed by atoms with Crippen LogP contribution in [0.5, 0.6) is 11.5 Å². The number of hydrogen-bond acceptors (Lipinski definition) is 6. The van der Waals surface area contributed by atoms with Gasteiger partial charge in [-0.25, -0.2) is 4.98 Å². The number of oxazole rings is 1. The van der Waals surface area contributed by atoms with E-state index in [9.17, 15) is 13.6 Å². The summed E-state index contributed by atoms with van der Waals surface area (Å²) < 4.78 is 41.5. The first-order valence-electron chi connectivity index (χ1n) is 10.1. The summed E-state index contributed by atoms with van der Waals surface area (Å²) in [6, 6.07) is 4.54.